The molecule has 0 bridgehead atoms. The van der Waals surface area contributed by atoms with Crippen molar-refractivity contribution in [3.05, 3.63) is 62.9 Å². The predicted molar refractivity (Wildman–Crippen MR) is 105 cm³/mol. The Morgan fingerprint density at radius 3 is 2.80 bits per heavy atom. The third kappa shape index (κ3) is 3.37. The highest BCUT2D eigenvalue weighted by Gasteiger charge is 2.34. The molecule has 0 spiro atoms. The molecule has 4 rings (SSSR count). The SMILES string of the molecule is N[C@H]1CN(c2nccc(-c3ccsc3)n2)C[C@@H]1c1ccc(Cl)cc1Cl. The maximum absolute atomic E-state index is 6.39. The van der Waals surface area contributed by atoms with E-state index in [1.54, 1.807) is 23.6 Å². The number of aromatic nitrogens is 2. The Labute approximate surface area is 160 Å². The van der Waals surface area contributed by atoms with Crippen molar-refractivity contribution in [3.8, 4) is 11.3 Å². The smallest absolute Gasteiger partial charge is 0.225 e. The summed E-state index contributed by atoms with van der Waals surface area (Å²) < 4.78 is 0. The number of rotatable bonds is 3. The Kier molecular flexibility index (Phi) is 4.65. The van der Waals surface area contributed by atoms with Crippen LogP contribution in [-0.2, 0) is 0 Å². The van der Waals surface area contributed by atoms with E-state index in [0.29, 0.717) is 22.5 Å². The van der Waals surface area contributed by atoms with Gasteiger partial charge in [0, 0.05) is 52.2 Å². The molecule has 2 N–H and O–H groups in total. The van der Waals surface area contributed by atoms with Gasteiger partial charge < -0.3 is 10.6 Å². The van der Waals surface area contributed by atoms with Crippen LogP contribution in [0.15, 0.2) is 47.3 Å². The van der Waals surface area contributed by atoms with E-state index in [9.17, 15) is 0 Å². The maximum atomic E-state index is 6.39. The van der Waals surface area contributed by atoms with Crippen LogP contribution in [-0.4, -0.2) is 29.1 Å². The van der Waals surface area contributed by atoms with Crippen molar-refractivity contribution in [2.45, 2.75) is 12.0 Å². The van der Waals surface area contributed by atoms with Gasteiger partial charge in [-0.3, -0.25) is 0 Å². The van der Waals surface area contributed by atoms with Crippen LogP contribution in [0.25, 0.3) is 11.3 Å². The molecule has 1 aliphatic heterocycles. The second-order valence-electron chi connectivity index (χ2n) is 6.10. The van der Waals surface area contributed by atoms with Crippen LogP contribution in [0.2, 0.25) is 10.0 Å². The summed E-state index contributed by atoms with van der Waals surface area (Å²) in [5.74, 6) is 0.824. The summed E-state index contributed by atoms with van der Waals surface area (Å²) in [5, 5.41) is 5.41. The highest BCUT2D eigenvalue weighted by Crippen LogP contribution is 2.34. The summed E-state index contributed by atoms with van der Waals surface area (Å²) in [6.45, 7) is 1.42. The van der Waals surface area contributed by atoms with Gasteiger partial charge in [-0.2, -0.15) is 11.3 Å². The lowest BCUT2D eigenvalue weighted by molar-refractivity contribution is 0.653. The summed E-state index contributed by atoms with van der Waals surface area (Å²) in [5.41, 5.74) is 9.44. The fraction of sp³-hybridized carbons (Fsp3) is 0.222. The van der Waals surface area contributed by atoms with Gasteiger partial charge in [0.1, 0.15) is 0 Å². The van der Waals surface area contributed by atoms with Crippen LogP contribution in [0.1, 0.15) is 11.5 Å². The van der Waals surface area contributed by atoms with Crippen molar-refractivity contribution in [3.63, 3.8) is 0 Å². The molecule has 1 aliphatic rings. The third-order valence-corrected chi connectivity index (χ3v) is 5.72. The zero-order valence-electron chi connectivity index (χ0n) is 13.3. The number of thiophene rings is 1. The summed E-state index contributed by atoms with van der Waals surface area (Å²) in [6, 6.07) is 9.53. The quantitative estimate of drug-likeness (QED) is 0.717. The summed E-state index contributed by atoms with van der Waals surface area (Å²) >= 11 is 14.0. The average Bonchev–Trinajstić information content (AvgIpc) is 3.25. The van der Waals surface area contributed by atoms with Gasteiger partial charge in [0.05, 0.1) is 5.69 Å². The average molecular weight is 391 g/mol. The number of anilines is 1. The van der Waals surface area contributed by atoms with E-state index in [1.165, 1.54) is 0 Å². The molecular formula is C18H16Cl2N4S. The molecule has 2 aromatic heterocycles. The van der Waals surface area contributed by atoms with Crippen LogP contribution in [0.3, 0.4) is 0 Å². The molecule has 1 aromatic carbocycles. The normalized spacial score (nSPS) is 20.2. The summed E-state index contributed by atoms with van der Waals surface area (Å²) in [7, 11) is 0. The van der Waals surface area contributed by atoms with E-state index >= 15 is 0 Å². The summed E-state index contributed by atoms with van der Waals surface area (Å²) in [6.07, 6.45) is 1.80. The van der Waals surface area contributed by atoms with Gasteiger partial charge in [0.15, 0.2) is 0 Å². The molecule has 25 heavy (non-hydrogen) atoms. The Hall–Kier alpha value is -1.66. The minimum Gasteiger partial charge on any atom is -0.339 e. The molecule has 1 fully saturated rings. The van der Waals surface area contributed by atoms with Crippen LogP contribution in [0, 0.1) is 0 Å². The molecule has 128 valence electrons. The van der Waals surface area contributed by atoms with Gasteiger partial charge in [0.2, 0.25) is 5.95 Å². The van der Waals surface area contributed by atoms with Crippen molar-refractivity contribution in [2.75, 3.05) is 18.0 Å². The first-order chi connectivity index (χ1) is 12.1. The van der Waals surface area contributed by atoms with E-state index in [-0.39, 0.29) is 12.0 Å². The number of hydrogen-bond acceptors (Lipinski definition) is 5. The number of halogens is 2. The van der Waals surface area contributed by atoms with Crippen LogP contribution in [0.4, 0.5) is 5.95 Å². The van der Waals surface area contributed by atoms with Crippen LogP contribution in [0.5, 0.6) is 0 Å². The maximum Gasteiger partial charge on any atom is 0.225 e. The second-order valence-corrected chi connectivity index (χ2v) is 7.72. The molecule has 2 atom stereocenters. The van der Waals surface area contributed by atoms with Crippen LogP contribution < -0.4 is 10.6 Å². The number of benzene rings is 1. The first-order valence-electron chi connectivity index (χ1n) is 7.93. The lowest BCUT2D eigenvalue weighted by Gasteiger charge is -2.17. The molecule has 4 nitrogen and oxygen atoms in total. The van der Waals surface area contributed by atoms with Crippen molar-refractivity contribution in [1.82, 2.24) is 9.97 Å². The molecule has 3 aromatic rings. The molecular weight excluding hydrogens is 375 g/mol. The molecule has 0 saturated carbocycles. The Morgan fingerprint density at radius 1 is 1.16 bits per heavy atom. The zero-order valence-corrected chi connectivity index (χ0v) is 15.6. The number of hydrogen-bond donors (Lipinski definition) is 1. The van der Waals surface area contributed by atoms with Gasteiger partial charge in [-0.25, -0.2) is 9.97 Å². The van der Waals surface area contributed by atoms with Gasteiger partial charge in [-0.05, 0) is 35.2 Å². The van der Waals surface area contributed by atoms with Gasteiger partial charge in [-0.1, -0.05) is 29.3 Å². The zero-order chi connectivity index (χ0) is 17.4. The highest BCUT2D eigenvalue weighted by molar-refractivity contribution is 7.08. The highest BCUT2D eigenvalue weighted by atomic mass is 35.5. The van der Waals surface area contributed by atoms with E-state index in [4.69, 9.17) is 33.9 Å². The molecule has 0 radical (unpaired) electrons. The predicted octanol–water partition coefficient (Wildman–Crippen LogP) is 4.44. The largest absolute Gasteiger partial charge is 0.339 e. The molecule has 3 heterocycles. The first kappa shape index (κ1) is 16.8. The molecule has 0 aliphatic carbocycles. The topological polar surface area (TPSA) is 55.0 Å². The monoisotopic (exact) mass is 390 g/mol. The minimum absolute atomic E-state index is 0.0351. The van der Waals surface area contributed by atoms with E-state index in [2.05, 4.69) is 21.3 Å². The van der Waals surface area contributed by atoms with Crippen molar-refractivity contribution in [1.29, 1.82) is 0 Å². The number of nitrogens with two attached hydrogens (primary N) is 1. The Balaban J connectivity index is 1.60. The Bertz CT molecular complexity index is 885. The molecule has 0 amide bonds. The second kappa shape index (κ2) is 6.92. The molecule has 1 saturated heterocycles. The molecule has 0 unspecified atom stereocenters. The van der Waals surface area contributed by atoms with Crippen molar-refractivity contribution < 1.29 is 0 Å². The minimum atomic E-state index is -0.0351. The van der Waals surface area contributed by atoms with E-state index in [1.807, 2.05) is 23.6 Å². The standard InChI is InChI=1S/C18H16Cl2N4S/c19-12-1-2-13(15(20)7-12)14-8-24(9-16(14)21)18-22-5-3-17(23-18)11-4-6-25-10-11/h1-7,10,14,16H,8-9,21H2/t14-,16+/m1/s1. The Morgan fingerprint density at radius 2 is 2.04 bits per heavy atom. The van der Waals surface area contributed by atoms with E-state index in [0.717, 1.165) is 23.4 Å². The van der Waals surface area contributed by atoms with E-state index < -0.39 is 0 Å². The van der Waals surface area contributed by atoms with Gasteiger partial charge in [0.25, 0.3) is 0 Å². The fourth-order valence-electron chi connectivity index (χ4n) is 3.20. The van der Waals surface area contributed by atoms with Crippen molar-refractivity contribution in [2.24, 2.45) is 5.73 Å². The van der Waals surface area contributed by atoms with Gasteiger partial charge in [-0.15, -0.1) is 0 Å². The lowest BCUT2D eigenvalue weighted by Crippen LogP contribution is -2.29. The summed E-state index contributed by atoms with van der Waals surface area (Å²) in [4.78, 5) is 11.3. The third-order valence-electron chi connectivity index (χ3n) is 4.47. The van der Waals surface area contributed by atoms with Gasteiger partial charge >= 0.3 is 0 Å². The van der Waals surface area contributed by atoms with Crippen LogP contribution >= 0.6 is 34.5 Å². The fourth-order valence-corrected chi connectivity index (χ4v) is 4.39. The van der Waals surface area contributed by atoms with Crippen molar-refractivity contribution >= 4 is 40.5 Å². The lowest BCUT2D eigenvalue weighted by atomic mass is 9.95. The number of nitrogens with zero attached hydrogens (tertiary/aromatic N) is 3. The first-order valence-corrected chi connectivity index (χ1v) is 9.63. The molecule has 7 heteroatoms.